The monoisotopic (exact) mass is 820 g/mol. The SMILES string of the molecule is COc1cc[c]([Sn]2([c]3ccc(OC)cc3)[c]3cccc[c]3[Sn]([c]3ccc(OC)cc3)([c]3ccc(OC)cc3)[c]3cccc[c]32)cc1. The third-order valence-electron chi connectivity index (χ3n) is 9.56. The predicted molar refractivity (Wildman–Crippen MR) is 193 cm³/mol. The molecule has 1 heterocycles. The van der Waals surface area contributed by atoms with Crippen LogP contribution in [0.3, 0.4) is 0 Å². The Bertz CT molecular complexity index is 1680. The van der Waals surface area contributed by atoms with Crippen LogP contribution in [-0.4, -0.2) is 65.2 Å². The first kappa shape index (κ1) is 30.8. The summed E-state index contributed by atoms with van der Waals surface area (Å²) in [7, 11) is 6.93. The number of benzene rings is 6. The van der Waals surface area contributed by atoms with Gasteiger partial charge in [0.2, 0.25) is 0 Å². The molecule has 7 rings (SSSR count). The van der Waals surface area contributed by atoms with Crippen LogP contribution in [0.2, 0.25) is 0 Å². The Morgan fingerprint density at radius 3 is 0.652 bits per heavy atom. The van der Waals surface area contributed by atoms with E-state index < -0.39 is 36.8 Å². The van der Waals surface area contributed by atoms with Crippen LogP contribution in [0.1, 0.15) is 0 Å². The zero-order chi connectivity index (χ0) is 31.7. The molecule has 0 bridgehead atoms. The molecule has 1 aliphatic rings. The van der Waals surface area contributed by atoms with Gasteiger partial charge in [0.15, 0.2) is 0 Å². The van der Waals surface area contributed by atoms with E-state index in [1.54, 1.807) is 28.4 Å². The average molecular weight is 818 g/mol. The second kappa shape index (κ2) is 12.7. The molecule has 0 atom stereocenters. The molecule has 0 aliphatic carbocycles. The summed E-state index contributed by atoms with van der Waals surface area (Å²) in [6, 6.07) is 54.2. The van der Waals surface area contributed by atoms with Crippen molar-refractivity contribution >= 4 is 65.4 Å². The fourth-order valence-electron chi connectivity index (χ4n) is 7.51. The number of hydrogen-bond acceptors (Lipinski definition) is 4. The fourth-order valence-corrected chi connectivity index (χ4v) is 49.7. The summed E-state index contributed by atoms with van der Waals surface area (Å²) in [6.45, 7) is 0. The van der Waals surface area contributed by atoms with Crippen molar-refractivity contribution < 1.29 is 18.9 Å². The van der Waals surface area contributed by atoms with Crippen LogP contribution in [0.15, 0.2) is 146 Å². The molecule has 46 heavy (non-hydrogen) atoms. The number of methoxy groups -OCH3 is 4. The van der Waals surface area contributed by atoms with Gasteiger partial charge in [0.1, 0.15) is 0 Å². The van der Waals surface area contributed by atoms with Gasteiger partial charge in [0.05, 0.1) is 0 Å². The summed E-state index contributed by atoms with van der Waals surface area (Å²) in [5.41, 5.74) is 0. The zero-order valence-electron chi connectivity index (χ0n) is 26.5. The van der Waals surface area contributed by atoms with Gasteiger partial charge in [-0.3, -0.25) is 0 Å². The molecular formula is C40H36O4Sn2. The molecule has 0 aromatic heterocycles. The van der Waals surface area contributed by atoms with Gasteiger partial charge in [0, 0.05) is 0 Å². The van der Waals surface area contributed by atoms with E-state index >= 15 is 0 Å². The second-order valence-electron chi connectivity index (χ2n) is 11.5. The molecule has 0 saturated heterocycles. The Balaban J connectivity index is 1.66. The van der Waals surface area contributed by atoms with Gasteiger partial charge in [-0.05, 0) is 0 Å². The molecule has 0 amide bonds. The summed E-state index contributed by atoms with van der Waals surface area (Å²) in [5.74, 6) is 3.45. The first-order chi connectivity index (χ1) is 22.6. The van der Waals surface area contributed by atoms with Gasteiger partial charge >= 0.3 is 281 Å². The van der Waals surface area contributed by atoms with Crippen LogP contribution < -0.4 is 47.6 Å². The normalized spacial score (nSPS) is 14.0. The third kappa shape index (κ3) is 4.71. The molecular weight excluding hydrogens is 782 g/mol. The molecule has 228 valence electrons. The van der Waals surface area contributed by atoms with Gasteiger partial charge in [-0.15, -0.1) is 0 Å². The second-order valence-corrected chi connectivity index (χ2v) is 32.8. The van der Waals surface area contributed by atoms with E-state index in [4.69, 9.17) is 18.9 Å². The van der Waals surface area contributed by atoms with E-state index in [9.17, 15) is 0 Å². The standard InChI is InChI=1S/4C7H7O.2C6H4.2Sn/c4*1-8-7-5-3-2-4-6-7;2*1-2-4-6-5-3-1;;/h4*3-6H,1H3;2*1-4H;;. The van der Waals surface area contributed by atoms with Crippen LogP contribution >= 0.6 is 0 Å². The topological polar surface area (TPSA) is 36.9 Å². The van der Waals surface area contributed by atoms with Gasteiger partial charge in [-0.25, -0.2) is 0 Å². The van der Waals surface area contributed by atoms with Crippen molar-refractivity contribution in [2.24, 2.45) is 0 Å². The maximum absolute atomic E-state index is 5.65. The van der Waals surface area contributed by atoms with E-state index in [1.807, 2.05) is 0 Å². The average Bonchev–Trinajstić information content (AvgIpc) is 3.14. The molecule has 0 radical (unpaired) electrons. The van der Waals surface area contributed by atoms with E-state index in [0.29, 0.717) is 0 Å². The van der Waals surface area contributed by atoms with E-state index in [1.165, 1.54) is 28.6 Å². The Morgan fingerprint density at radius 2 is 0.478 bits per heavy atom. The fraction of sp³-hybridized carbons (Fsp3) is 0.100. The first-order valence-corrected chi connectivity index (χ1v) is 26.8. The number of fused-ring (bicyclic) bond motifs is 2. The molecule has 4 nitrogen and oxygen atoms in total. The minimum absolute atomic E-state index is 0.863. The molecule has 0 unspecified atom stereocenters. The van der Waals surface area contributed by atoms with E-state index in [0.717, 1.165) is 23.0 Å². The summed E-state index contributed by atoms with van der Waals surface area (Å²) in [6.07, 6.45) is 0. The molecule has 0 saturated carbocycles. The quantitative estimate of drug-likeness (QED) is 0.222. The van der Waals surface area contributed by atoms with Crippen LogP contribution in [0, 0.1) is 0 Å². The predicted octanol–water partition coefficient (Wildman–Crippen LogP) is 2.79. The van der Waals surface area contributed by atoms with Crippen LogP contribution in [0.4, 0.5) is 0 Å². The number of rotatable bonds is 8. The van der Waals surface area contributed by atoms with Crippen molar-refractivity contribution in [3.63, 3.8) is 0 Å². The zero-order valence-corrected chi connectivity index (χ0v) is 32.2. The van der Waals surface area contributed by atoms with E-state index in [2.05, 4.69) is 146 Å². The Labute approximate surface area is 279 Å². The third-order valence-corrected chi connectivity index (χ3v) is 41.5. The van der Waals surface area contributed by atoms with Gasteiger partial charge in [-0.1, -0.05) is 0 Å². The molecule has 0 spiro atoms. The Morgan fingerprint density at radius 1 is 0.283 bits per heavy atom. The molecule has 0 N–H and O–H groups in total. The molecule has 6 aromatic rings. The van der Waals surface area contributed by atoms with Crippen molar-refractivity contribution in [1.29, 1.82) is 0 Å². The molecule has 6 aromatic carbocycles. The van der Waals surface area contributed by atoms with Crippen molar-refractivity contribution in [2.75, 3.05) is 28.4 Å². The van der Waals surface area contributed by atoms with Crippen molar-refractivity contribution in [3.05, 3.63) is 146 Å². The maximum atomic E-state index is 5.65. The Kier molecular flexibility index (Phi) is 8.51. The molecule has 0 fully saturated rings. The first-order valence-electron chi connectivity index (χ1n) is 15.4. The van der Waals surface area contributed by atoms with Gasteiger partial charge in [0.25, 0.3) is 0 Å². The molecule has 1 aliphatic heterocycles. The van der Waals surface area contributed by atoms with Gasteiger partial charge < -0.3 is 0 Å². The number of ether oxygens (including phenoxy) is 4. The van der Waals surface area contributed by atoms with Gasteiger partial charge in [-0.2, -0.15) is 0 Å². The van der Waals surface area contributed by atoms with Crippen LogP contribution in [0.5, 0.6) is 23.0 Å². The van der Waals surface area contributed by atoms with Crippen LogP contribution in [-0.2, 0) is 0 Å². The minimum atomic E-state index is -4.00. The molecule has 6 heteroatoms. The van der Waals surface area contributed by atoms with Crippen molar-refractivity contribution in [2.45, 2.75) is 0 Å². The van der Waals surface area contributed by atoms with Crippen molar-refractivity contribution in [1.82, 2.24) is 0 Å². The summed E-state index contributed by atoms with van der Waals surface area (Å²) in [4.78, 5) is 0. The summed E-state index contributed by atoms with van der Waals surface area (Å²) >= 11 is -8.00. The number of hydrogen-bond donors (Lipinski definition) is 0. The van der Waals surface area contributed by atoms with Crippen LogP contribution in [0.25, 0.3) is 0 Å². The summed E-state index contributed by atoms with van der Waals surface area (Å²) < 4.78 is 34.2. The Hall–Kier alpha value is -3.88. The van der Waals surface area contributed by atoms with E-state index in [-0.39, 0.29) is 0 Å². The van der Waals surface area contributed by atoms with Crippen molar-refractivity contribution in [3.8, 4) is 23.0 Å². The summed E-state index contributed by atoms with van der Waals surface area (Å²) in [5, 5.41) is 0.